The lowest BCUT2D eigenvalue weighted by atomic mass is 10.2. The SMILES string of the molecule is CCC/C=C1\C(Br)=CC=CN1/N=C(\C)CN(C)C. The maximum Gasteiger partial charge on any atom is 0.0747 e. The molecular weight excluding hydrogens is 290 g/mol. The molecule has 0 spiro atoms. The molecule has 0 aromatic heterocycles. The second-order valence-corrected chi connectivity index (χ2v) is 5.51. The number of hydrogen-bond donors (Lipinski definition) is 0. The quantitative estimate of drug-likeness (QED) is 0.721. The summed E-state index contributed by atoms with van der Waals surface area (Å²) in [5.74, 6) is 0. The van der Waals surface area contributed by atoms with E-state index in [1.165, 1.54) is 0 Å². The van der Waals surface area contributed by atoms with Crippen LogP contribution in [-0.4, -0.2) is 36.3 Å². The highest BCUT2D eigenvalue weighted by Gasteiger charge is 2.12. The minimum absolute atomic E-state index is 0.868. The number of halogens is 1. The van der Waals surface area contributed by atoms with Crippen molar-refractivity contribution in [2.45, 2.75) is 26.7 Å². The first-order valence-corrected chi connectivity index (χ1v) is 7.06. The lowest BCUT2D eigenvalue weighted by molar-refractivity contribution is 0.454. The van der Waals surface area contributed by atoms with Crippen molar-refractivity contribution in [3.8, 4) is 0 Å². The monoisotopic (exact) mass is 311 g/mol. The fraction of sp³-hybridized carbons (Fsp3) is 0.500. The van der Waals surface area contributed by atoms with Crippen molar-refractivity contribution in [3.05, 3.63) is 34.6 Å². The highest BCUT2D eigenvalue weighted by atomic mass is 79.9. The molecule has 3 nitrogen and oxygen atoms in total. The Bertz CT molecular complexity index is 392. The third kappa shape index (κ3) is 4.78. The molecule has 0 aromatic rings. The summed E-state index contributed by atoms with van der Waals surface area (Å²) in [4.78, 5) is 2.12. The summed E-state index contributed by atoms with van der Waals surface area (Å²) in [6, 6.07) is 0. The molecule has 1 heterocycles. The Morgan fingerprint density at radius 2 is 2.22 bits per heavy atom. The van der Waals surface area contributed by atoms with Gasteiger partial charge in [0, 0.05) is 22.9 Å². The number of hydrazone groups is 1. The highest BCUT2D eigenvalue weighted by molar-refractivity contribution is 9.12. The normalized spacial score (nSPS) is 18.8. The number of unbranched alkanes of at least 4 members (excludes halogenated alkanes) is 1. The predicted octanol–water partition coefficient (Wildman–Crippen LogP) is 3.72. The molecule has 0 fully saturated rings. The van der Waals surface area contributed by atoms with Crippen molar-refractivity contribution in [3.63, 3.8) is 0 Å². The van der Waals surface area contributed by atoms with Crippen LogP contribution in [0.3, 0.4) is 0 Å². The van der Waals surface area contributed by atoms with E-state index in [2.05, 4.69) is 66.0 Å². The second kappa shape index (κ2) is 7.54. The van der Waals surface area contributed by atoms with Gasteiger partial charge in [-0.1, -0.05) is 19.4 Å². The van der Waals surface area contributed by atoms with E-state index in [1.54, 1.807) is 0 Å². The van der Waals surface area contributed by atoms with Crippen LogP contribution in [0.25, 0.3) is 0 Å². The van der Waals surface area contributed by atoms with Gasteiger partial charge in [0.1, 0.15) is 0 Å². The van der Waals surface area contributed by atoms with Gasteiger partial charge in [0.25, 0.3) is 0 Å². The number of rotatable bonds is 5. The molecule has 1 rings (SSSR count). The van der Waals surface area contributed by atoms with Gasteiger partial charge in [-0.25, -0.2) is 5.01 Å². The van der Waals surface area contributed by atoms with Gasteiger partial charge in [-0.3, -0.25) is 0 Å². The first kappa shape index (κ1) is 15.2. The van der Waals surface area contributed by atoms with Crippen LogP contribution < -0.4 is 0 Å². The number of nitrogens with zero attached hydrogens (tertiary/aromatic N) is 3. The van der Waals surface area contributed by atoms with Gasteiger partial charge in [0.05, 0.1) is 5.70 Å². The molecule has 100 valence electrons. The zero-order valence-corrected chi connectivity index (χ0v) is 13.2. The maximum atomic E-state index is 4.64. The van der Waals surface area contributed by atoms with Crippen LogP contribution in [0.4, 0.5) is 0 Å². The second-order valence-electron chi connectivity index (χ2n) is 4.65. The smallest absolute Gasteiger partial charge is 0.0747 e. The van der Waals surface area contributed by atoms with E-state index < -0.39 is 0 Å². The van der Waals surface area contributed by atoms with E-state index in [-0.39, 0.29) is 0 Å². The van der Waals surface area contributed by atoms with Crippen molar-refractivity contribution < 1.29 is 0 Å². The number of allylic oxidation sites excluding steroid dienone is 4. The van der Waals surface area contributed by atoms with Gasteiger partial charge in [0.2, 0.25) is 0 Å². The molecule has 0 saturated carbocycles. The van der Waals surface area contributed by atoms with Crippen LogP contribution in [-0.2, 0) is 0 Å². The summed E-state index contributed by atoms with van der Waals surface area (Å²) < 4.78 is 1.08. The summed E-state index contributed by atoms with van der Waals surface area (Å²) >= 11 is 3.59. The largest absolute Gasteiger partial charge is 0.304 e. The van der Waals surface area contributed by atoms with Crippen LogP contribution in [0.15, 0.2) is 39.7 Å². The lowest BCUT2D eigenvalue weighted by Crippen LogP contribution is -2.23. The van der Waals surface area contributed by atoms with Crippen LogP contribution >= 0.6 is 15.9 Å². The van der Waals surface area contributed by atoms with E-state index in [0.717, 1.165) is 35.3 Å². The van der Waals surface area contributed by atoms with Crippen molar-refractivity contribution in [1.29, 1.82) is 0 Å². The van der Waals surface area contributed by atoms with Crippen molar-refractivity contribution in [2.24, 2.45) is 5.10 Å². The first-order chi connectivity index (χ1) is 8.54. The Morgan fingerprint density at radius 1 is 1.50 bits per heavy atom. The Labute approximate surface area is 119 Å². The van der Waals surface area contributed by atoms with Crippen molar-refractivity contribution >= 4 is 21.6 Å². The fourth-order valence-corrected chi connectivity index (χ4v) is 2.21. The molecule has 0 bridgehead atoms. The summed E-state index contributed by atoms with van der Waals surface area (Å²) in [6.45, 7) is 5.10. The number of hydrogen-bond acceptors (Lipinski definition) is 3. The summed E-state index contributed by atoms with van der Waals surface area (Å²) in [7, 11) is 4.10. The van der Waals surface area contributed by atoms with Crippen LogP contribution in [0.2, 0.25) is 0 Å². The van der Waals surface area contributed by atoms with Crippen LogP contribution in [0.5, 0.6) is 0 Å². The Kier molecular flexibility index (Phi) is 6.36. The third-order valence-corrected chi connectivity index (χ3v) is 3.08. The molecule has 4 heteroatoms. The predicted molar refractivity (Wildman–Crippen MR) is 82.6 cm³/mol. The van der Waals surface area contributed by atoms with Gasteiger partial charge in [-0.2, -0.15) is 5.10 Å². The van der Waals surface area contributed by atoms with E-state index in [4.69, 9.17) is 0 Å². The molecular formula is C14H22BrN3. The van der Waals surface area contributed by atoms with E-state index in [0.29, 0.717) is 0 Å². The molecule has 0 aromatic carbocycles. The van der Waals surface area contributed by atoms with Crippen molar-refractivity contribution in [1.82, 2.24) is 9.91 Å². The molecule has 18 heavy (non-hydrogen) atoms. The lowest BCUT2D eigenvalue weighted by Gasteiger charge is -2.22. The highest BCUT2D eigenvalue weighted by Crippen LogP contribution is 2.26. The fourth-order valence-electron chi connectivity index (χ4n) is 1.72. The summed E-state index contributed by atoms with van der Waals surface area (Å²) in [6.07, 6.45) is 10.5. The minimum atomic E-state index is 0.868. The molecule has 0 atom stereocenters. The average molecular weight is 312 g/mol. The standard InChI is InChI=1S/C14H22BrN3/c1-5-6-9-14-13(15)8-7-10-18(14)16-12(2)11-17(3)4/h7-10H,5-6,11H2,1-4H3/b14-9+,16-12+. The minimum Gasteiger partial charge on any atom is -0.304 e. The zero-order chi connectivity index (χ0) is 13.5. The Hall–Kier alpha value is -0.870. The maximum absolute atomic E-state index is 4.64. The van der Waals surface area contributed by atoms with Crippen LogP contribution in [0.1, 0.15) is 26.7 Å². The summed E-state index contributed by atoms with van der Waals surface area (Å²) in [5.41, 5.74) is 2.21. The zero-order valence-electron chi connectivity index (χ0n) is 11.7. The molecule has 0 amide bonds. The molecule has 0 radical (unpaired) electrons. The van der Waals surface area contributed by atoms with E-state index in [1.807, 2.05) is 17.3 Å². The van der Waals surface area contributed by atoms with Gasteiger partial charge in [0.15, 0.2) is 0 Å². The Morgan fingerprint density at radius 3 is 2.83 bits per heavy atom. The average Bonchev–Trinajstić information content (AvgIpc) is 2.27. The van der Waals surface area contributed by atoms with Crippen molar-refractivity contribution in [2.75, 3.05) is 20.6 Å². The molecule has 0 unspecified atom stereocenters. The molecule has 0 saturated heterocycles. The molecule has 1 aliphatic heterocycles. The molecule has 0 aliphatic carbocycles. The molecule has 1 aliphatic rings. The summed E-state index contributed by atoms with van der Waals surface area (Å²) in [5, 5.41) is 6.59. The van der Waals surface area contributed by atoms with Gasteiger partial charge >= 0.3 is 0 Å². The topological polar surface area (TPSA) is 18.8 Å². The van der Waals surface area contributed by atoms with Gasteiger partial charge < -0.3 is 4.90 Å². The molecule has 0 N–H and O–H groups in total. The van der Waals surface area contributed by atoms with Crippen LogP contribution in [0, 0.1) is 0 Å². The van der Waals surface area contributed by atoms with Gasteiger partial charge in [-0.05, 0) is 55.5 Å². The first-order valence-electron chi connectivity index (χ1n) is 6.27. The Balaban J connectivity index is 2.86. The van der Waals surface area contributed by atoms with E-state index in [9.17, 15) is 0 Å². The van der Waals surface area contributed by atoms with E-state index >= 15 is 0 Å². The third-order valence-electron chi connectivity index (χ3n) is 2.41. The van der Waals surface area contributed by atoms with Gasteiger partial charge in [-0.15, -0.1) is 0 Å².